The molecule has 0 spiro atoms. The molecule has 1 heterocycles. The Morgan fingerprint density at radius 1 is 0.822 bits per heavy atom. The van der Waals surface area contributed by atoms with Crippen LogP contribution in [0.25, 0.3) is 0 Å². The van der Waals surface area contributed by atoms with Crippen LogP contribution in [0.15, 0.2) is 89.3 Å². The quantitative estimate of drug-likeness (QED) is 0.146. The lowest BCUT2D eigenvalue weighted by Crippen LogP contribution is -2.33. The number of nitrogens with zero attached hydrogens (tertiary/aromatic N) is 3. The van der Waals surface area contributed by atoms with Crippen molar-refractivity contribution in [2.45, 2.75) is 77.5 Å². The molecule has 1 fully saturated rings. The summed E-state index contributed by atoms with van der Waals surface area (Å²) in [6.07, 6.45) is 6.55. The third-order valence-corrected chi connectivity index (χ3v) is 9.67. The van der Waals surface area contributed by atoms with Crippen molar-refractivity contribution in [1.29, 1.82) is 0 Å². The zero-order chi connectivity index (χ0) is 31.6. The van der Waals surface area contributed by atoms with Crippen molar-refractivity contribution in [1.82, 2.24) is 20.1 Å². The lowest BCUT2D eigenvalue weighted by molar-refractivity contribution is 0.111. The number of halogens is 1. The molecule has 3 aromatic carbocycles. The van der Waals surface area contributed by atoms with Gasteiger partial charge in [0.2, 0.25) is 5.89 Å². The van der Waals surface area contributed by atoms with Crippen molar-refractivity contribution in [3.05, 3.63) is 125 Å². The topological polar surface area (TPSA) is 44.5 Å². The average molecular weight is 611 g/mol. The van der Waals surface area contributed by atoms with E-state index in [1.807, 2.05) is 12.1 Å². The van der Waals surface area contributed by atoms with E-state index in [1.54, 1.807) is 12.1 Å². The Kier molecular flexibility index (Phi) is 12.0. The lowest BCUT2D eigenvalue weighted by atomic mass is 9.74. The fourth-order valence-corrected chi connectivity index (χ4v) is 7.31. The van der Waals surface area contributed by atoms with Crippen molar-refractivity contribution in [2.75, 3.05) is 27.2 Å². The van der Waals surface area contributed by atoms with Gasteiger partial charge in [0, 0.05) is 19.0 Å². The molecule has 5 rings (SSSR count). The van der Waals surface area contributed by atoms with Gasteiger partial charge in [0.1, 0.15) is 11.6 Å². The predicted octanol–water partition coefficient (Wildman–Crippen LogP) is 8.58. The highest BCUT2D eigenvalue weighted by atomic mass is 19.1. The van der Waals surface area contributed by atoms with Crippen LogP contribution in [-0.4, -0.2) is 42.0 Å². The highest BCUT2D eigenvalue weighted by Crippen LogP contribution is 2.42. The molecular weight excluding hydrogens is 559 g/mol. The zero-order valence-corrected chi connectivity index (χ0v) is 27.6. The Labute approximate surface area is 269 Å². The number of nitrogens with one attached hydrogen (secondary N) is 1. The van der Waals surface area contributed by atoms with E-state index in [0.717, 1.165) is 49.8 Å². The SMILES string of the molecule is CCN(CC)C(CC1CCC(C(c2ccc(F)cc2)N(C)C)CC1)c1nc(Cc2ccccc2)c(CNCc2ccccc2)o1. The standard InChI is InChI=1S/C39H51FN4O/c1-5-44(6-2)36(26-30-17-19-32(20-18-30)38(43(3)4)33-21-23-34(40)24-22-33)39-42-35(25-29-13-9-7-10-14-29)37(45-39)28-41-27-31-15-11-8-12-16-31/h7-16,21-24,30,32,36,38,41H,5-6,17-20,25-28H2,1-4H3. The van der Waals surface area contributed by atoms with Crippen molar-refractivity contribution in [3.63, 3.8) is 0 Å². The second-order valence-corrected chi connectivity index (χ2v) is 12.9. The van der Waals surface area contributed by atoms with E-state index in [9.17, 15) is 4.39 Å². The van der Waals surface area contributed by atoms with E-state index in [-0.39, 0.29) is 11.9 Å². The lowest BCUT2D eigenvalue weighted by Gasteiger charge is -2.39. The van der Waals surface area contributed by atoms with Crippen LogP contribution >= 0.6 is 0 Å². The van der Waals surface area contributed by atoms with Gasteiger partial charge < -0.3 is 14.6 Å². The first-order valence-corrected chi connectivity index (χ1v) is 16.9. The van der Waals surface area contributed by atoms with Gasteiger partial charge in [-0.15, -0.1) is 0 Å². The normalized spacial score (nSPS) is 18.4. The second kappa shape index (κ2) is 16.3. The molecule has 0 aliphatic heterocycles. The van der Waals surface area contributed by atoms with E-state index in [1.165, 1.54) is 42.4 Å². The maximum Gasteiger partial charge on any atom is 0.212 e. The van der Waals surface area contributed by atoms with Crippen LogP contribution in [0.5, 0.6) is 0 Å². The first-order valence-electron chi connectivity index (χ1n) is 16.9. The van der Waals surface area contributed by atoms with Gasteiger partial charge in [-0.05, 0) is 87.1 Å². The predicted molar refractivity (Wildman–Crippen MR) is 181 cm³/mol. The third-order valence-electron chi connectivity index (χ3n) is 9.67. The summed E-state index contributed by atoms with van der Waals surface area (Å²) in [5, 5.41) is 3.60. The Bertz CT molecular complexity index is 1410. The van der Waals surface area contributed by atoms with E-state index in [0.29, 0.717) is 24.4 Å². The zero-order valence-electron chi connectivity index (χ0n) is 27.6. The summed E-state index contributed by atoms with van der Waals surface area (Å²) in [6, 6.07) is 28.7. The summed E-state index contributed by atoms with van der Waals surface area (Å²) in [7, 11) is 4.30. The minimum absolute atomic E-state index is 0.153. The number of benzene rings is 3. The highest BCUT2D eigenvalue weighted by Gasteiger charge is 2.34. The maximum atomic E-state index is 13.7. The molecule has 1 aliphatic carbocycles. The Morgan fingerprint density at radius 2 is 1.44 bits per heavy atom. The molecule has 1 aromatic heterocycles. The molecule has 1 saturated carbocycles. The Balaban J connectivity index is 1.31. The van der Waals surface area contributed by atoms with E-state index < -0.39 is 0 Å². The van der Waals surface area contributed by atoms with Gasteiger partial charge in [0.05, 0.1) is 18.3 Å². The minimum Gasteiger partial charge on any atom is -0.442 e. The Morgan fingerprint density at radius 3 is 2.04 bits per heavy atom. The van der Waals surface area contributed by atoms with Crippen molar-refractivity contribution >= 4 is 0 Å². The van der Waals surface area contributed by atoms with Crippen LogP contribution in [0, 0.1) is 17.7 Å². The summed E-state index contributed by atoms with van der Waals surface area (Å²) in [6.45, 7) is 7.84. The first-order chi connectivity index (χ1) is 21.9. The summed E-state index contributed by atoms with van der Waals surface area (Å²) < 4.78 is 20.4. The van der Waals surface area contributed by atoms with Gasteiger partial charge >= 0.3 is 0 Å². The second-order valence-electron chi connectivity index (χ2n) is 12.9. The molecule has 6 heteroatoms. The third kappa shape index (κ3) is 8.90. The van der Waals surface area contributed by atoms with Gasteiger partial charge in [-0.25, -0.2) is 9.37 Å². The van der Waals surface area contributed by atoms with E-state index in [2.05, 4.69) is 104 Å². The molecule has 5 nitrogen and oxygen atoms in total. The fourth-order valence-electron chi connectivity index (χ4n) is 7.31. The van der Waals surface area contributed by atoms with Crippen LogP contribution in [0.1, 0.15) is 92.1 Å². The molecule has 45 heavy (non-hydrogen) atoms. The van der Waals surface area contributed by atoms with Gasteiger partial charge in [0.25, 0.3) is 0 Å². The molecule has 1 aliphatic rings. The molecule has 0 bridgehead atoms. The van der Waals surface area contributed by atoms with Crippen molar-refractivity contribution in [3.8, 4) is 0 Å². The minimum atomic E-state index is -0.170. The van der Waals surface area contributed by atoms with Gasteiger partial charge in [0.15, 0.2) is 0 Å². The van der Waals surface area contributed by atoms with Crippen molar-refractivity contribution < 1.29 is 8.81 Å². The number of rotatable bonds is 15. The monoisotopic (exact) mass is 610 g/mol. The summed E-state index contributed by atoms with van der Waals surface area (Å²) in [5.41, 5.74) is 4.75. The molecule has 1 N–H and O–H groups in total. The van der Waals surface area contributed by atoms with Crippen LogP contribution in [0.2, 0.25) is 0 Å². The molecule has 2 atom stereocenters. The molecule has 4 aromatic rings. The molecule has 2 unspecified atom stereocenters. The van der Waals surface area contributed by atoms with Crippen LogP contribution < -0.4 is 5.32 Å². The molecule has 0 radical (unpaired) electrons. The number of hydrogen-bond donors (Lipinski definition) is 1. The number of oxazole rings is 1. The van der Waals surface area contributed by atoms with E-state index >= 15 is 0 Å². The molecule has 0 amide bonds. The average Bonchev–Trinajstić information content (AvgIpc) is 3.45. The van der Waals surface area contributed by atoms with Crippen LogP contribution in [0.3, 0.4) is 0 Å². The van der Waals surface area contributed by atoms with Gasteiger partial charge in [-0.3, -0.25) is 4.90 Å². The van der Waals surface area contributed by atoms with E-state index in [4.69, 9.17) is 9.40 Å². The van der Waals surface area contributed by atoms with Gasteiger partial charge in [-0.1, -0.05) is 99.5 Å². The number of aromatic nitrogens is 1. The van der Waals surface area contributed by atoms with Crippen molar-refractivity contribution in [2.24, 2.45) is 11.8 Å². The fraction of sp³-hybridized carbons (Fsp3) is 0.462. The summed E-state index contributed by atoms with van der Waals surface area (Å²) >= 11 is 0. The highest BCUT2D eigenvalue weighted by molar-refractivity contribution is 5.25. The first kappa shape index (κ1) is 33.1. The largest absolute Gasteiger partial charge is 0.442 e. The molecule has 240 valence electrons. The summed E-state index contributed by atoms with van der Waals surface area (Å²) in [5.74, 6) is 2.82. The summed E-state index contributed by atoms with van der Waals surface area (Å²) in [4.78, 5) is 10.1. The Hall–Kier alpha value is -3.32. The smallest absolute Gasteiger partial charge is 0.212 e. The molecular formula is C39H51FN4O. The maximum absolute atomic E-state index is 13.7. The van der Waals surface area contributed by atoms with Crippen LogP contribution in [0.4, 0.5) is 4.39 Å². The number of hydrogen-bond acceptors (Lipinski definition) is 5. The van der Waals surface area contributed by atoms with Gasteiger partial charge in [-0.2, -0.15) is 0 Å². The van der Waals surface area contributed by atoms with Crippen LogP contribution in [-0.2, 0) is 19.5 Å². The molecule has 0 saturated heterocycles.